The summed E-state index contributed by atoms with van der Waals surface area (Å²) in [5.74, 6) is 0.859. The molecule has 0 saturated carbocycles. The smallest absolute Gasteiger partial charge is 0.213 e. The lowest BCUT2D eigenvalue weighted by Gasteiger charge is -2.21. The summed E-state index contributed by atoms with van der Waals surface area (Å²) in [6.07, 6.45) is 0. The number of nitrogens with zero attached hydrogens (tertiary/aromatic N) is 2. The Labute approximate surface area is 137 Å². The molecule has 0 aromatic heterocycles. The summed E-state index contributed by atoms with van der Waals surface area (Å²) < 4.78 is 44.2. The SMILES string of the molecule is CCS(=O)(=O)N1C[C@H]2CN(Cc3ccc(OC)c(F)c3)C[C@@H]2C1. The number of rotatable bonds is 5. The molecule has 1 aromatic carbocycles. The number of fused-ring (bicyclic) bond motifs is 1. The van der Waals surface area contributed by atoms with Crippen molar-refractivity contribution in [2.45, 2.75) is 13.5 Å². The first-order valence-electron chi connectivity index (χ1n) is 7.95. The molecule has 0 unspecified atom stereocenters. The number of hydrogen-bond donors (Lipinski definition) is 0. The Morgan fingerprint density at radius 3 is 2.39 bits per heavy atom. The Morgan fingerprint density at radius 2 is 1.87 bits per heavy atom. The van der Waals surface area contributed by atoms with Crippen LogP contribution in [0.5, 0.6) is 5.75 Å². The van der Waals surface area contributed by atoms with E-state index in [4.69, 9.17) is 4.74 Å². The van der Waals surface area contributed by atoms with Crippen molar-refractivity contribution in [1.29, 1.82) is 0 Å². The van der Waals surface area contributed by atoms with Crippen LogP contribution in [0.1, 0.15) is 12.5 Å². The van der Waals surface area contributed by atoms with Crippen molar-refractivity contribution in [2.75, 3.05) is 39.0 Å². The zero-order valence-corrected chi connectivity index (χ0v) is 14.4. The van der Waals surface area contributed by atoms with Gasteiger partial charge in [0.1, 0.15) is 0 Å². The van der Waals surface area contributed by atoms with Crippen molar-refractivity contribution in [2.24, 2.45) is 11.8 Å². The maximum Gasteiger partial charge on any atom is 0.213 e. The molecule has 2 heterocycles. The second-order valence-electron chi connectivity index (χ2n) is 6.40. The number of hydrogen-bond acceptors (Lipinski definition) is 4. The highest BCUT2D eigenvalue weighted by molar-refractivity contribution is 7.89. The Balaban J connectivity index is 1.60. The number of benzene rings is 1. The molecular weight excluding hydrogens is 319 g/mol. The standard InChI is InChI=1S/C16H23FN2O3S/c1-3-23(20,21)19-10-13-8-18(9-14(13)11-19)7-12-4-5-16(22-2)15(17)6-12/h4-6,13-14H,3,7-11H2,1-2H3/t13-,14-/m1/s1. The zero-order valence-electron chi connectivity index (χ0n) is 13.5. The predicted molar refractivity (Wildman–Crippen MR) is 86.2 cm³/mol. The first-order valence-corrected chi connectivity index (χ1v) is 9.56. The van der Waals surface area contributed by atoms with E-state index in [1.54, 1.807) is 17.3 Å². The van der Waals surface area contributed by atoms with Crippen molar-refractivity contribution in [3.05, 3.63) is 29.6 Å². The van der Waals surface area contributed by atoms with Crippen LogP contribution in [0.25, 0.3) is 0 Å². The lowest BCUT2D eigenvalue weighted by Crippen LogP contribution is -2.34. The van der Waals surface area contributed by atoms with Crippen molar-refractivity contribution in [3.63, 3.8) is 0 Å². The zero-order chi connectivity index (χ0) is 16.6. The van der Waals surface area contributed by atoms with Crippen molar-refractivity contribution >= 4 is 10.0 Å². The molecule has 0 spiro atoms. The summed E-state index contributed by atoms with van der Waals surface area (Å²) in [6.45, 7) is 5.35. The van der Waals surface area contributed by atoms with Crippen LogP contribution in [0.4, 0.5) is 4.39 Å². The largest absolute Gasteiger partial charge is 0.494 e. The van der Waals surface area contributed by atoms with Crippen LogP contribution in [0.2, 0.25) is 0 Å². The Hall–Kier alpha value is -1.18. The molecule has 0 amide bonds. The molecule has 0 N–H and O–H groups in total. The van der Waals surface area contributed by atoms with Gasteiger partial charge < -0.3 is 4.74 Å². The van der Waals surface area contributed by atoms with Gasteiger partial charge >= 0.3 is 0 Å². The van der Waals surface area contributed by atoms with Crippen LogP contribution in [0, 0.1) is 17.7 Å². The van der Waals surface area contributed by atoms with Gasteiger partial charge in [-0.25, -0.2) is 17.1 Å². The van der Waals surface area contributed by atoms with E-state index >= 15 is 0 Å². The summed E-state index contributed by atoms with van der Waals surface area (Å²) in [5, 5.41) is 0. The van der Waals surface area contributed by atoms with Gasteiger partial charge in [-0.15, -0.1) is 0 Å². The molecule has 5 nitrogen and oxygen atoms in total. The van der Waals surface area contributed by atoms with Crippen molar-refractivity contribution in [1.82, 2.24) is 9.21 Å². The molecular formula is C16H23FN2O3S. The minimum Gasteiger partial charge on any atom is -0.494 e. The summed E-state index contributed by atoms with van der Waals surface area (Å²) in [4.78, 5) is 2.28. The van der Waals surface area contributed by atoms with Gasteiger partial charge in [0.05, 0.1) is 12.9 Å². The fourth-order valence-corrected chi connectivity index (χ4v) is 4.85. The first kappa shape index (κ1) is 16.7. The van der Waals surface area contributed by atoms with Gasteiger partial charge in [-0.05, 0) is 36.5 Å². The Bertz CT molecular complexity index is 666. The van der Waals surface area contributed by atoms with Gasteiger partial charge in [0.25, 0.3) is 0 Å². The highest BCUT2D eigenvalue weighted by Crippen LogP contribution is 2.33. The molecule has 1 aromatic rings. The van der Waals surface area contributed by atoms with E-state index < -0.39 is 10.0 Å². The van der Waals surface area contributed by atoms with Crippen LogP contribution in [0.3, 0.4) is 0 Å². The molecule has 2 aliphatic rings. The predicted octanol–water partition coefficient (Wildman–Crippen LogP) is 1.55. The first-order chi connectivity index (χ1) is 10.9. The summed E-state index contributed by atoms with van der Waals surface area (Å²) in [5.41, 5.74) is 0.918. The Morgan fingerprint density at radius 1 is 1.22 bits per heavy atom. The van der Waals surface area contributed by atoms with Gasteiger partial charge in [0, 0.05) is 32.7 Å². The number of methoxy groups -OCH3 is 1. The van der Waals surface area contributed by atoms with E-state index in [1.807, 2.05) is 6.07 Å². The second kappa shape index (κ2) is 6.37. The minimum absolute atomic E-state index is 0.168. The summed E-state index contributed by atoms with van der Waals surface area (Å²) >= 11 is 0. The van der Waals surface area contributed by atoms with Crippen LogP contribution in [-0.2, 0) is 16.6 Å². The molecule has 0 radical (unpaired) electrons. The lowest BCUT2D eigenvalue weighted by atomic mass is 10.0. The molecule has 0 bridgehead atoms. The average molecular weight is 342 g/mol. The van der Waals surface area contributed by atoms with Crippen molar-refractivity contribution < 1.29 is 17.5 Å². The van der Waals surface area contributed by atoms with E-state index in [0.29, 0.717) is 31.5 Å². The normalized spacial score (nSPS) is 25.7. The van der Waals surface area contributed by atoms with Crippen LogP contribution in [0.15, 0.2) is 18.2 Å². The molecule has 2 saturated heterocycles. The molecule has 23 heavy (non-hydrogen) atoms. The van der Waals surface area contributed by atoms with Crippen LogP contribution < -0.4 is 4.74 Å². The highest BCUT2D eigenvalue weighted by Gasteiger charge is 2.43. The number of sulfonamides is 1. The lowest BCUT2D eigenvalue weighted by molar-refractivity contribution is 0.289. The highest BCUT2D eigenvalue weighted by atomic mass is 32.2. The van der Waals surface area contributed by atoms with Crippen LogP contribution >= 0.6 is 0 Å². The number of halogens is 1. The van der Waals surface area contributed by atoms with Gasteiger partial charge in [-0.1, -0.05) is 6.07 Å². The van der Waals surface area contributed by atoms with E-state index in [1.165, 1.54) is 13.2 Å². The van der Waals surface area contributed by atoms with Gasteiger partial charge in [-0.3, -0.25) is 4.90 Å². The number of likely N-dealkylation sites (tertiary alicyclic amines) is 1. The quantitative estimate of drug-likeness (QED) is 0.815. The number of ether oxygens (including phenoxy) is 1. The fraction of sp³-hybridized carbons (Fsp3) is 0.625. The second-order valence-corrected chi connectivity index (χ2v) is 8.66. The Kier molecular flexibility index (Phi) is 4.62. The van der Waals surface area contributed by atoms with Crippen molar-refractivity contribution in [3.8, 4) is 5.75 Å². The third-order valence-electron chi connectivity index (χ3n) is 4.91. The van der Waals surface area contributed by atoms with E-state index in [0.717, 1.165) is 18.7 Å². The monoisotopic (exact) mass is 342 g/mol. The maximum absolute atomic E-state index is 13.8. The third kappa shape index (κ3) is 3.36. The van der Waals surface area contributed by atoms with Crippen LogP contribution in [-0.4, -0.2) is 56.7 Å². The molecule has 0 aliphatic carbocycles. The van der Waals surface area contributed by atoms with Gasteiger partial charge in [0.15, 0.2) is 11.6 Å². The van der Waals surface area contributed by atoms with Gasteiger partial charge in [0.2, 0.25) is 10.0 Å². The molecule has 128 valence electrons. The fourth-order valence-electron chi connectivity index (χ4n) is 3.65. The topological polar surface area (TPSA) is 49.9 Å². The average Bonchev–Trinajstić information content (AvgIpc) is 3.06. The molecule has 7 heteroatoms. The summed E-state index contributed by atoms with van der Waals surface area (Å²) in [6, 6.07) is 5.04. The minimum atomic E-state index is -3.08. The van der Waals surface area contributed by atoms with Gasteiger partial charge in [-0.2, -0.15) is 0 Å². The molecule has 2 aliphatic heterocycles. The molecule has 2 atom stereocenters. The van der Waals surface area contributed by atoms with E-state index in [9.17, 15) is 12.8 Å². The maximum atomic E-state index is 13.8. The summed E-state index contributed by atoms with van der Waals surface area (Å²) in [7, 11) is -1.62. The third-order valence-corrected chi connectivity index (χ3v) is 6.72. The molecule has 3 rings (SSSR count). The molecule has 2 fully saturated rings. The van der Waals surface area contributed by atoms with E-state index in [-0.39, 0.29) is 17.3 Å². The van der Waals surface area contributed by atoms with E-state index in [2.05, 4.69) is 4.90 Å².